The van der Waals surface area contributed by atoms with Gasteiger partial charge in [-0.3, -0.25) is 4.79 Å². The molecule has 3 nitrogen and oxygen atoms in total. The topological polar surface area (TPSA) is 38.3 Å². The number of carbonyl (C=O) groups is 1. The molecule has 0 spiro atoms. The lowest BCUT2D eigenvalue weighted by molar-refractivity contribution is -0.129. The Morgan fingerprint density at radius 1 is 1.05 bits per heavy atom. The molecular formula is C13H12F5NO2. The largest absolute Gasteiger partial charge is 0.381 e. The molecule has 1 heterocycles. The predicted molar refractivity (Wildman–Crippen MR) is 61.6 cm³/mol. The van der Waals surface area contributed by atoms with Gasteiger partial charge in [-0.25, -0.2) is 22.0 Å². The van der Waals surface area contributed by atoms with Crippen molar-refractivity contribution in [2.45, 2.75) is 19.4 Å². The minimum Gasteiger partial charge on any atom is -0.381 e. The fourth-order valence-electron chi connectivity index (χ4n) is 2.07. The van der Waals surface area contributed by atoms with E-state index in [2.05, 4.69) is 5.32 Å². The number of nitrogens with one attached hydrogen (secondary N) is 1. The van der Waals surface area contributed by atoms with E-state index in [1.807, 2.05) is 0 Å². The van der Waals surface area contributed by atoms with Crippen LogP contribution in [0.4, 0.5) is 22.0 Å². The Labute approximate surface area is 117 Å². The lowest BCUT2D eigenvalue weighted by Gasteiger charge is -2.21. The van der Waals surface area contributed by atoms with Crippen molar-refractivity contribution in [2.75, 3.05) is 13.2 Å². The van der Waals surface area contributed by atoms with E-state index in [-0.39, 0.29) is 6.61 Å². The van der Waals surface area contributed by atoms with Gasteiger partial charge in [0.05, 0.1) is 12.5 Å². The summed E-state index contributed by atoms with van der Waals surface area (Å²) in [5, 5.41) is 2.17. The van der Waals surface area contributed by atoms with Crippen molar-refractivity contribution >= 4 is 5.91 Å². The molecule has 1 aromatic carbocycles. The van der Waals surface area contributed by atoms with Gasteiger partial charge >= 0.3 is 0 Å². The van der Waals surface area contributed by atoms with Gasteiger partial charge in [0.15, 0.2) is 23.3 Å². The lowest BCUT2D eigenvalue weighted by atomic mass is 10.0. The van der Waals surface area contributed by atoms with E-state index in [1.165, 1.54) is 0 Å². The zero-order valence-electron chi connectivity index (χ0n) is 10.8. The van der Waals surface area contributed by atoms with Crippen molar-refractivity contribution in [3.63, 3.8) is 0 Å². The van der Waals surface area contributed by atoms with Gasteiger partial charge in [-0.2, -0.15) is 0 Å². The number of hydrogen-bond acceptors (Lipinski definition) is 2. The maximum atomic E-state index is 13.4. The molecule has 1 amide bonds. The average Bonchev–Trinajstić information content (AvgIpc) is 2.51. The molecule has 1 aliphatic rings. The second-order valence-corrected chi connectivity index (χ2v) is 4.68. The fourth-order valence-corrected chi connectivity index (χ4v) is 2.07. The summed E-state index contributed by atoms with van der Waals surface area (Å²) < 4.78 is 70.7. The number of amides is 1. The van der Waals surface area contributed by atoms with Crippen molar-refractivity contribution in [3.05, 3.63) is 34.6 Å². The van der Waals surface area contributed by atoms with Crippen molar-refractivity contribution in [2.24, 2.45) is 5.92 Å². The first-order chi connectivity index (χ1) is 9.93. The van der Waals surface area contributed by atoms with E-state index in [0.29, 0.717) is 19.4 Å². The Kier molecular flexibility index (Phi) is 4.76. The van der Waals surface area contributed by atoms with Crippen molar-refractivity contribution in [1.29, 1.82) is 0 Å². The van der Waals surface area contributed by atoms with E-state index in [9.17, 15) is 26.7 Å². The summed E-state index contributed by atoms with van der Waals surface area (Å²) in [4.78, 5) is 11.7. The Bertz CT molecular complexity index is 529. The van der Waals surface area contributed by atoms with Gasteiger partial charge in [-0.1, -0.05) is 0 Å². The predicted octanol–water partition coefficient (Wildman–Crippen LogP) is 2.42. The summed E-state index contributed by atoms with van der Waals surface area (Å²) >= 11 is 0. The normalized spacial score (nSPS) is 18.6. The smallest absolute Gasteiger partial charge is 0.225 e. The first-order valence-corrected chi connectivity index (χ1v) is 6.29. The highest BCUT2D eigenvalue weighted by atomic mass is 19.2. The first-order valence-electron chi connectivity index (χ1n) is 6.29. The fraction of sp³-hybridized carbons (Fsp3) is 0.462. The summed E-state index contributed by atoms with van der Waals surface area (Å²) in [7, 11) is 0. The van der Waals surface area contributed by atoms with E-state index in [0.717, 1.165) is 0 Å². The summed E-state index contributed by atoms with van der Waals surface area (Å²) in [6.45, 7) is -0.0779. The molecule has 2 rings (SSSR count). The monoisotopic (exact) mass is 309 g/mol. The molecule has 1 atom stereocenters. The molecule has 21 heavy (non-hydrogen) atoms. The van der Waals surface area contributed by atoms with Crippen molar-refractivity contribution < 1.29 is 31.5 Å². The van der Waals surface area contributed by atoms with E-state index < -0.39 is 53.0 Å². The number of benzene rings is 1. The summed E-state index contributed by atoms with van der Waals surface area (Å²) in [6, 6.07) is 0. The summed E-state index contributed by atoms with van der Waals surface area (Å²) in [5.41, 5.74) is -1.06. The molecule has 0 radical (unpaired) electrons. The summed E-state index contributed by atoms with van der Waals surface area (Å²) in [5.74, 6) is -11.2. The Morgan fingerprint density at radius 2 is 1.62 bits per heavy atom. The van der Waals surface area contributed by atoms with E-state index in [4.69, 9.17) is 4.74 Å². The molecule has 0 aromatic heterocycles. The molecule has 1 saturated heterocycles. The molecule has 1 unspecified atom stereocenters. The molecule has 1 aromatic rings. The van der Waals surface area contributed by atoms with Crippen molar-refractivity contribution in [3.8, 4) is 0 Å². The van der Waals surface area contributed by atoms with Crippen LogP contribution in [0.15, 0.2) is 0 Å². The molecule has 116 valence electrons. The van der Waals surface area contributed by atoms with Gasteiger partial charge in [-0.15, -0.1) is 0 Å². The molecule has 1 aliphatic heterocycles. The number of carbonyl (C=O) groups excluding carboxylic acids is 1. The van der Waals surface area contributed by atoms with Gasteiger partial charge < -0.3 is 10.1 Å². The third-order valence-corrected chi connectivity index (χ3v) is 3.27. The third-order valence-electron chi connectivity index (χ3n) is 3.27. The summed E-state index contributed by atoms with van der Waals surface area (Å²) in [6.07, 6.45) is 1.21. The van der Waals surface area contributed by atoms with Crippen LogP contribution >= 0.6 is 0 Å². The van der Waals surface area contributed by atoms with Gasteiger partial charge in [-0.05, 0) is 12.8 Å². The Morgan fingerprint density at radius 3 is 2.14 bits per heavy atom. The molecule has 1 fully saturated rings. The van der Waals surface area contributed by atoms with Crippen LogP contribution in [-0.4, -0.2) is 19.1 Å². The number of hydrogen-bond donors (Lipinski definition) is 1. The molecule has 8 heteroatoms. The Hall–Kier alpha value is -1.70. The molecule has 0 aliphatic carbocycles. The third kappa shape index (κ3) is 3.15. The van der Waals surface area contributed by atoms with Gasteiger partial charge in [0.25, 0.3) is 0 Å². The second kappa shape index (κ2) is 6.38. The SMILES string of the molecule is O=C(NCc1c(F)c(F)c(F)c(F)c1F)C1CCCOC1. The number of rotatable bonds is 3. The lowest BCUT2D eigenvalue weighted by Crippen LogP contribution is -2.35. The van der Waals surface area contributed by atoms with Crippen LogP contribution in [-0.2, 0) is 16.1 Å². The Balaban J connectivity index is 2.11. The van der Waals surface area contributed by atoms with Crippen LogP contribution in [0.3, 0.4) is 0 Å². The standard InChI is InChI=1S/C13H12F5NO2/c14-8-7(9(15)11(17)12(18)10(8)16)4-19-13(20)6-2-1-3-21-5-6/h6H,1-5H2,(H,19,20). The van der Waals surface area contributed by atoms with Crippen LogP contribution in [0.25, 0.3) is 0 Å². The highest BCUT2D eigenvalue weighted by Crippen LogP contribution is 2.23. The zero-order valence-corrected chi connectivity index (χ0v) is 10.8. The van der Waals surface area contributed by atoms with Crippen LogP contribution in [0.2, 0.25) is 0 Å². The van der Waals surface area contributed by atoms with Gasteiger partial charge in [0, 0.05) is 18.7 Å². The maximum absolute atomic E-state index is 13.4. The average molecular weight is 309 g/mol. The van der Waals surface area contributed by atoms with Gasteiger partial charge in [0.2, 0.25) is 11.7 Å². The zero-order chi connectivity index (χ0) is 15.6. The minimum absolute atomic E-state index is 0.170. The highest BCUT2D eigenvalue weighted by Gasteiger charge is 2.27. The molecule has 1 N–H and O–H groups in total. The van der Waals surface area contributed by atoms with Crippen LogP contribution < -0.4 is 5.32 Å². The molecule has 0 saturated carbocycles. The van der Waals surface area contributed by atoms with E-state index in [1.54, 1.807) is 0 Å². The van der Waals surface area contributed by atoms with Crippen LogP contribution in [0.1, 0.15) is 18.4 Å². The molecular weight excluding hydrogens is 297 g/mol. The molecule has 0 bridgehead atoms. The minimum atomic E-state index is -2.22. The van der Waals surface area contributed by atoms with Gasteiger partial charge in [0.1, 0.15) is 0 Å². The van der Waals surface area contributed by atoms with Crippen molar-refractivity contribution in [1.82, 2.24) is 5.32 Å². The van der Waals surface area contributed by atoms with Crippen LogP contribution in [0.5, 0.6) is 0 Å². The first kappa shape index (κ1) is 15.7. The number of halogens is 5. The number of ether oxygens (including phenoxy) is 1. The maximum Gasteiger partial charge on any atom is 0.225 e. The van der Waals surface area contributed by atoms with E-state index >= 15 is 0 Å². The second-order valence-electron chi connectivity index (χ2n) is 4.68. The highest BCUT2D eigenvalue weighted by molar-refractivity contribution is 5.78. The van der Waals surface area contributed by atoms with Crippen LogP contribution in [0, 0.1) is 35.0 Å². The quantitative estimate of drug-likeness (QED) is 0.529.